The van der Waals surface area contributed by atoms with Crippen molar-refractivity contribution in [3.8, 4) is 0 Å². The third kappa shape index (κ3) is 2.99. The van der Waals surface area contributed by atoms with Crippen LogP contribution in [0.3, 0.4) is 0 Å². The highest BCUT2D eigenvalue weighted by molar-refractivity contribution is 5.79. The topological polar surface area (TPSA) is 75.0 Å². The second-order valence-electron chi connectivity index (χ2n) is 5.24. The zero-order valence-corrected chi connectivity index (χ0v) is 12.3. The molecule has 1 aromatic carbocycles. The van der Waals surface area contributed by atoms with Crippen LogP contribution in [0.4, 0.5) is 0 Å². The average molecular weight is 274 g/mol. The molecule has 0 saturated carbocycles. The number of aromatic nitrogens is 2. The normalized spacial score (nSPS) is 12.6. The summed E-state index contributed by atoms with van der Waals surface area (Å²) in [6.45, 7) is 4.46. The first-order valence-electron chi connectivity index (χ1n) is 6.93. The lowest BCUT2D eigenvalue weighted by Gasteiger charge is -2.23. The van der Waals surface area contributed by atoms with Crippen LogP contribution in [0.2, 0.25) is 0 Å². The van der Waals surface area contributed by atoms with Crippen molar-refractivity contribution >= 4 is 16.9 Å². The van der Waals surface area contributed by atoms with Gasteiger partial charge in [-0.05, 0) is 25.5 Å². The Morgan fingerprint density at radius 1 is 1.50 bits per heavy atom. The van der Waals surface area contributed by atoms with E-state index in [1.165, 1.54) is 0 Å². The minimum atomic E-state index is 0.0698. The second kappa shape index (κ2) is 6.05. The Bertz CT molecular complexity index is 605. The van der Waals surface area contributed by atoms with Gasteiger partial charge in [0.25, 0.3) is 0 Å². The van der Waals surface area contributed by atoms with Crippen molar-refractivity contribution in [2.24, 2.45) is 5.73 Å². The molecule has 1 unspecified atom stereocenters. The summed E-state index contributed by atoms with van der Waals surface area (Å²) in [5, 5.41) is 0. The fourth-order valence-electron chi connectivity index (χ4n) is 2.15. The number of H-pyrrole nitrogens is 1. The molecule has 0 fully saturated rings. The SMILES string of the molecule is Cc1cccc2[nH]c(CCC(=O)N(C)C(C)CN)nc12. The number of carbonyl (C=O) groups is 1. The lowest BCUT2D eigenvalue weighted by Crippen LogP contribution is -2.39. The predicted octanol–water partition coefficient (Wildman–Crippen LogP) is 1.61. The Balaban J connectivity index is 2.02. The number of carbonyl (C=O) groups excluding carboxylic acids is 1. The molecule has 3 N–H and O–H groups in total. The smallest absolute Gasteiger partial charge is 0.223 e. The number of rotatable bonds is 5. The summed E-state index contributed by atoms with van der Waals surface area (Å²) in [4.78, 5) is 21.6. The average Bonchev–Trinajstić information content (AvgIpc) is 2.87. The zero-order valence-electron chi connectivity index (χ0n) is 12.3. The molecule has 2 aromatic rings. The molecule has 0 aliphatic heterocycles. The molecule has 0 radical (unpaired) electrons. The summed E-state index contributed by atoms with van der Waals surface area (Å²) >= 11 is 0. The summed E-state index contributed by atoms with van der Waals surface area (Å²) in [6.07, 6.45) is 1.06. The van der Waals surface area contributed by atoms with E-state index in [0.29, 0.717) is 19.4 Å². The quantitative estimate of drug-likeness (QED) is 0.869. The standard InChI is InChI=1S/C15H22N4O/c1-10-5-4-6-12-15(10)18-13(17-12)7-8-14(20)19(3)11(2)9-16/h4-6,11H,7-9,16H2,1-3H3,(H,17,18). The maximum Gasteiger partial charge on any atom is 0.223 e. The van der Waals surface area contributed by atoms with Crippen LogP contribution in [0.5, 0.6) is 0 Å². The largest absolute Gasteiger partial charge is 0.342 e. The van der Waals surface area contributed by atoms with Gasteiger partial charge in [0.1, 0.15) is 5.82 Å². The van der Waals surface area contributed by atoms with E-state index in [1.54, 1.807) is 11.9 Å². The molecule has 2 rings (SSSR count). The molecule has 1 amide bonds. The molecule has 1 heterocycles. The summed E-state index contributed by atoms with van der Waals surface area (Å²) in [5.41, 5.74) is 8.73. The molecule has 0 saturated heterocycles. The molecular formula is C15H22N4O. The Hall–Kier alpha value is -1.88. The molecular weight excluding hydrogens is 252 g/mol. The van der Waals surface area contributed by atoms with E-state index in [0.717, 1.165) is 22.4 Å². The van der Waals surface area contributed by atoms with Crippen molar-refractivity contribution in [1.29, 1.82) is 0 Å². The third-order valence-corrected chi connectivity index (χ3v) is 3.73. The van der Waals surface area contributed by atoms with E-state index >= 15 is 0 Å². The van der Waals surface area contributed by atoms with Gasteiger partial charge in [-0.3, -0.25) is 4.79 Å². The minimum absolute atomic E-state index is 0.0698. The number of likely N-dealkylation sites (N-methyl/N-ethyl adjacent to an activating group) is 1. The van der Waals surface area contributed by atoms with Crippen molar-refractivity contribution < 1.29 is 4.79 Å². The number of amides is 1. The van der Waals surface area contributed by atoms with Crippen LogP contribution in [0.1, 0.15) is 24.7 Å². The lowest BCUT2D eigenvalue weighted by atomic mass is 10.2. The van der Waals surface area contributed by atoms with E-state index in [-0.39, 0.29) is 11.9 Å². The van der Waals surface area contributed by atoms with Gasteiger partial charge in [0.2, 0.25) is 5.91 Å². The highest BCUT2D eigenvalue weighted by atomic mass is 16.2. The first kappa shape index (κ1) is 14.5. The fraction of sp³-hybridized carbons (Fsp3) is 0.467. The zero-order chi connectivity index (χ0) is 14.7. The molecule has 0 bridgehead atoms. The maximum absolute atomic E-state index is 12.0. The molecule has 0 spiro atoms. The van der Waals surface area contributed by atoms with E-state index in [4.69, 9.17) is 5.73 Å². The van der Waals surface area contributed by atoms with E-state index in [9.17, 15) is 4.79 Å². The van der Waals surface area contributed by atoms with Gasteiger partial charge in [-0.25, -0.2) is 4.98 Å². The van der Waals surface area contributed by atoms with Crippen LogP contribution in [-0.2, 0) is 11.2 Å². The van der Waals surface area contributed by atoms with Crippen LogP contribution in [0.15, 0.2) is 18.2 Å². The van der Waals surface area contributed by atoms with Crippen molar-refractivity contribution in [2.45, 2.75) is 32.7 Å². The number of para-hydroxylation sites is 1. The third-order valence-electron chi connectivity index (χ3n) is 3.73. The Morgan fingerprint density at radius 3 is 2.90 bits per heavy atom. The number of fused-ring (bicyclic) bond motifs is 1. The van der Waals surface area contributed by atoms with Crippen molar-refractivity contribution in [1.82, 2.24) is 14.9 Å². The van der Waals surface area contributed by atoms with Gasteiger partial charge < -0.3 is 15.6 Å². The summed E-state index contributed by atoms with van der Waals surface area (Å²) in [6, 6.07) is 6.11. The highest BCUT2D eigenvalue weighted by Crippen LogP contribution is 2.16. The fourth-order valence-corrected chi connectivity index (χ4v) is 2.15. The molecule has 5 nitrogen and oxygen atoms in total. The number of hydrogen-bond donors (Lipinski definition) is 2. The number of aryl methyl sites for hydroxylation is 2. The molecule has 20 heavy (non-hydrogen) atoms. The van der Waals surface area contributed by atoms with Gasteiger partial charge in [0, 0.05) is 32.5 Å². The number of hydrogen-bond acceptors (Lipinski definition) is 3. The number of nitrogens with two attached hydrogens (primary N) is 1. The van der Waals surface area contributed by atoms with E-state index in [1.807, 2.05) is 32.0 Å². The van der Waals surface area contributed by atoms with Crippen LogP contribution >= 0.6 is 0 Å². The van der Waals surface area contributed by atoms with Crippen molar-refractivity contribution in [3.63, 3.8) is 0 Å². The van der Waals surface area contributed by atoms with Crippen LogP contribution in [0, 0.1) is 6.92 Å². The van der Waals surface area contributed by atoms with Gasteiger partial charge in [-0.2, -0.15) is 0 Å². The summed E-state index contributed by atoms with van der Waals surface area (Å²) in [5.74, 6) is 0.955. The van der Waals surface area contributed by atoms with Gasteiger partial charge >= 0.3 is 0 Å². The van der Waals surface area contributed by atoms with Gasteiger partial charge in [0.05, 0.1) is 11.0 Å². The Labute approximate surface area is 119 Å². The monoisotopic (exact) mass is 274 g/mol. The van der Waals surface area contributed by atoms with Crippen LogP contribution in [0.25, 0.3) is 11.0 Å². The Morgan fingerprint density at radius 2 is 2.25 bits per heavy atom. The van der Waals surface area contributed by atoms with Crippen LogP contribution in [-0.4, -0.2) is 40.4 Å². The van der Waals surface area contributed by atoms with Crippen molar-refractivity contribution in [3.05, 3.63) is 29.6 Å². The number of imidazole rings is 1. The molecule has 0 aliphatic carbocycles. The minimum Gasteiger partial charge on any atom is -0.342 e. The molecule has 1 aromatic heterocycles. The van der Waals surface area contributed by atoms with Gasteiger partial charge in [-0.1, -0.05) is 12.1 Å². The molecule has 1 atom stereocenters. The first-order valence-corrected chi connectivity index (χ1v) is 6.93. The summed E-state index contributed by atoms with van der Waals surface area (Å²) < 4.78 is 0. The molecule has 5 heteroatoms. The van der Waals surface area contributed by atoms with Gasteiger partial charge in [0.15, 0.2) is 0 Å². The maximum atomic E-state index is 12.0. The summed E-state index contributed by atoms with van der Waals surface area (Å²) in [7, 11) is 1.79. The predicted molar refractivity (Wildman–Crippen MR) is 80.4 cm³/mol. The number of aromatic amines is 1. The van der Waals surface area contributed by atoms with Crippen LogP contribution < -0.4 is 5.73 Å². The molecule has 0 aliphatic rings. The Kier molecular flexibility index (Phi) is 4.39. The number of benzene rings is 1. The van der Waals surface area contributed by atoms with E-state index in [2.05, 4.69) is 9.97 Å². The lowest BCUT2D eigenvalue weighted by molar-refractivity contribution is -0.131. The van der Waals surface area contributed by atoms with Gasteiger partial charge in [-0.15, -0.1) is 0 Å². The molecule has 108 valence electrons. The second-order valence-corrected chi connectivity index (χ2v) is 5.24. The highest BCUT2D eigenvalue weighted by Gasteiger charge is 2.15. The van der Waals surface area contributed by atoms with E-state index < -0.39 is 0 Å². The first-order chi connectivity index (χ1) is 9.52. The van der Waals surface area contributed by atoms with Crippen molar-refractivity contribution in [2.75, 3.05) is 13.6 Å². The number of nitrogens with zero attached hydrogens (tertiary/aromatic N) is 2. The number of nitrogens with one attached hydrogen (secondary N) is 1.